The highest BCUT2D eigenvalue weighted by molar-refractivity contribution is 5.54. The summed E-state index contributed by atoms with van der Waals surface area (Å²) in [5.74, 6) is 0. The molecule has 0 N–H and O–H groups in total. The van der Waals surface area contributed by atoms with Gasteiger partial charge in [0.15, 0.2) is 0 Å². The Balaban J connectivity index is 2.25. The van der Waals surface area contributed by atoms with Crippen LogP contribution in [0.2, 0.25) is 0 Å². The first-order valence-corrected chi connectivity index (χ1v) is 9.33. The van der Waals surface area contributed by atoms with Gasteiger partial charge >= 0.3 is 0 Å². The van der Waals surface area contributed by atoms with Gasteiger partial charge in [-0.15, -0.1) is 0 Å². The Morgan fingerprint density at radius 1 is 0.833 bits per heavy atom. The van der Waals surface area contributed by atoms with E-state index in [-0.39, 0.29) is 5.41 Å². The summed E-state index contributed by atoms with van der Waals surface area (Å²) in [5, 5.41) is 0. The lowest BCUT2D eigenvalue weighted by atomic mass is 9.64. The van der Waals surface area contributed by atoms with E-state index in [1.165, 1.54) is 36.0 Å². The maximum absolute atomic E-state index is 2.35. The highest BCUT2D eigenvalue weighted by atomic mass is 14.4. The van der Waals surface area contributed by atoms with Gasteiger partial charge in [0.1, 0.15) is 0 Å². The fourth-order valence-corrected chi connectivity index (χ4v) is 4.17. The number of hydrogen-bond donors (Lipinski definition) is 0. The van der Waals surface area contributed by atoms with Crippen molar-refractivity contribution >= 4 is 0 Å². The molecule has 0 bridgehead atoms. The molecule has 0 radical (unpaired) electrons. The Bertz CT molecular complexity index is 665. The van der Waals surface area contributed by atoms with E-state index in [4.69, 9.17) is 0 Å². The van der Waals surface area contributed by atoms with E-state index in [0.717, 1.165) is 12.8 Å². The molecule has 2 aromatic rings. The number of allylic oxidation sites excluding steroid dienone is 4. The highest BCUT2D eigenvalue weighted by Gasteiger charge is 2.38. The molecule has 0 heteroatoms. The van der Waals surface area contributed by atoms with Crippen LogP contribution in [0.25, 0.3) is 0 Å². The Morgan fingerprint density at radius 2 is 1.42 bits per heavy atom. The summed E-state index contributed by atoms with van der Waals surface area (Å²) in [6.45, 7) is 4.58. The summed E-state index contributed by atoms with van der Waals surface area (Å²) in [6.07, 6.45) is 10.5. The molecule has 0 saturated heterocycles. The van der Waals surface area contributed by atoms with Crippen molar-refractivity contribution in [2.45, 2.75) is 51.4 Å². The van der Waals surface area contributed by atoms with Crippen molar-refractivity contribution in [3.8, 4) is 0 Å². The van der Waals surface area contributed by atoms with Crippen LogP contribution in [0.3, 0.4) is 0 Å². The molecule has 1 aliphatic rings. The van der Waals surface area contributed by atoms with Crippen LogP contribution in [0.1, 0.15) is 57.1 Å². The molecule has 0 amide bonds. The molecule has 2 aromatic carbocycles. The van der Waals surface area contributed by atoms with Gasteiger partial charge in [-0.3, -0.25) is 0 Å². The Kier molecular flexibility index (Phi) is 5.35. The average Bonchev–Trinajstić information content (AvgIpc) is 3.13. The van der Waals surface area contributed by atoms with Crippen molar-refractivity contribution < 1.29 is 0 Å². The summed E-state index contributed by atoms with van der Waals surface area (Å²) >= 11 is 0. The van der Waals surface area contributed by atoms with Crippen molar-refractivity contribution in [3.05, 3.63) is 95.1 Å². The average molecular weight is 316 g/mol. The minimum Gasteiger partial charge on any atom is -0.0801 e. The highest BCUT2D eigenvalue weighted by Crippen LogP contribution is 2.48. The zero-order valence-electron chi connectivity index (χ0n) is 15.0. The first-order chi connectivity index (χ1) is 11.8. The molecule has 0 saturated carbocycles. The summed E-state index contributed by atoms with van der Waals surface area (Å²) < 4.78 is 0. The second-order valence-electron chi connectivity index (χ2n) is 6.70. The fraction of sp³-hybridized carbons (Fsp3) is 0.333. The molecule has 0 heterocycles. The van der Waals surface area contributed by atoms with Crippen LogP contribution in [0.15, 0.2) is 84.0 Å². The van der Waals surface area contributed by atoms with Crippen LogP contribution in [-0.2, 0) is 5.41 Å². The topological polar surface area (TPSA) is 0 Å². The number of benzene rings is 2. The molecule has 0 fully saturated rings. The zero-order chi connectivity index (χ0) is 16.8. The normalized spacial score (nSPS) is 14.4. The van der Waals surface area contributed by atoms with Gasteiger partial charge in [-0.2, -0.15) is 0 Å². The maximum Gasteiger partial charge on any atom is 0.0419 e. The fourth-order valence-electron chi connectivity index (χ4n) is 4.17. The lowest BCUT2D eigenvalue weighted by molar-refractivity contribution is 0.508. The molecule has 24 heavy (non-hydrogen) atoms. The molecular formula is C24H28. The van der Waals surface area contributed by atoms with Gasteiger partial charge in [-0.05, 0) is 41.5 Å². The predicted octanol–water partition coefficient (Wildman–Crippen LogP) is 6.83. The smallest absolute Gasteiger partial charge is 0.0419 e. The Morgan fingerprint density at radius 3 is 1.92 bits per heavy atom. The van der Waals surface area contributed by atoms with E-state index in [1.807, 2.05) is 0 Å². The Labute approximate surface area is 146 Å². The summed E-state index contributed by atoms with van der Waals surface area (Å²) in [6, 6.07) is 22.3. The van der Waals surface area contributed by atoms with Gasteiger partial charge in [-0.25, -0.2) is 0 Å². The summed E-state index contributed by atoms with van der Waals surface area (Å²) in [5.41, 5.74) is 6.02. The molecule has 0 unspecified atom stereocenters. The van der Waals surface area contributed by atoms with E-state index in [1.54, 1.807) is 5.57 Å². The quantitative estimate of drug-likeness (QED) is 0.525. The molecule has 3 rings (SSSR count). The molecule has 0 spiro atoms. The third-order valence-electron chi connectivity index (χ3n) is 5.36. The van der Waals surface area contributed by atoms with Gasteiger partial charge in [0.05, 0.1) is 0 Å². The van der Waals surface area contributed by atoms with Crippen LogP contribution in [0.5, 0.6) is 0 Å². The third kappa shape index (κ3) is 2.98. The molecule has 0 nitrogen and oxygen atoms in total. The number of unbranched alkanes of at least 4 members (excludes halogenated alkanes) is 1. The van der Waals surface area contributed by atoms with Crippen molar-refractivity contribution in [1.29, 1.82) is 0 Å². The van der Waals surface area contributed by atoms with E-state index in [2.05, 4.69) is 86.7 Å². The second kappa shape index (κ2) is 7.66. The van der Waals surface area contributed by atoms with E-state index >= 15 is 0 Å². The monoisotopic (exact) mass is 316 g/mol. The van der Waals surface area contributed by atoms with Crippen LogP contribution >= 0.6 is 0 Å². The minimum absolute atomic E-state index is 0.00731. The van der Waals surface area contributed by atoms with E-state index in [9.17, 15) is 0 Å². The van der Waals surface area contributed by atoms with Crippen LogP contribution in [0, 0.1) is 0 Å². The van der Waals surface area contributed by atoms with Crippen LogP contribution in [-0.4, -0.2) is 0 Å². The minimum atomic E-state index is 0.00731. The Hall–Kier alpha value is -2.08. The SMILES string of the molecule is CCCCC(C1=C(CC)C=CC1)(c1ccccc1)c1ccccc1. The standard InChI is InChI=1S/C24H28/c1-3-5-19-24(21-14-8-6-9-15-21,22-16-10-7-11-17-22)23-18-12-13-20(23)4-2/h6-17H,3-5,18-19H2,1-2H3. The molecule has 1 aliphatic carbocycles. The summed E-state index contributed by atoms with van der Waals surface area (Å²) in [7, 11) is 0. The van der Waals surface area contributed by atoms with Crippen molar-refractivity contribution in [2.24, 2.45) is 0 Å². The van der Waals surface area contributed by atoms with Gasteiger partial charge < -0.3 is 0 Å². The van der Waals surface area contributed by atoms with Crippen LogP contribution in [0.4, 0.5) is 0 Å². The maximum atomic E-state index is 2.35. The largest absolute Gasteiger partial charge is 0.0801 e. The van der Waals surface area contributed by atoms with Crippen molar-refractivity contribution in [3.63, 3.8) is 0 Å². The lowest BCUT2D eigenvalue weighted by Crippen LogP contribution is -2.31. The van der Waals surface area contributed by atoms with E-state index < -0.39 is 0 Å². The molecule has 0 aliphatic heterocycles. The molecule has 0 atom stereocenters. The zero-order valence-corrected chi connectivity index (χ0v) is 15.0. The second-order valence-corrected chi connectivity index (χ2v) is 6.70. The first kappa shape index (κ1) is 16.8. The molecule has 0 aromatic heterocycles. The lowest BCUT2D eigenvalue weighted by Gasteiger charge is -2.38. The third-order valence-corrected chi connectivity index (χ3v) is 5.36. The molecule has 124 valence electrons. The predicted molar refractivity (Wildman–Crippen MR) is 104 cm³/mol. The van der Waals surface area contributed by atoms with Gasteiger partial charge in [0.2, 0.25) is 0 Å². The van der Waals surface area contributed by atoms with Gasteiger partial charge in [-0.1, -0.05) is 99.5 Å². The first-order valence-electron chi connectivity index (χ1n) is 9.33. The number of rotatable bonds is 7. The number of hydrogen-bond acceptors (Lipinski definition) is 0. The van der Waals surface area contributed by atoms with Crippen LogP contribution < -0.4 is 0 Å². The van der Waals surface area contributed by atoms with E-state index in [0.29, 0.717) is 0 Å². The van der Waals surface area contributed by atoms with Gasteiger partial charge in [0, 0.05) is 5.41 Å². The van der Waals surface area contributed by atoms with Gasteiger partial charge in [0.25, 0.3) is 0 Å². The summed E-state index contributed by atoms with van der Waals surface area (Å²) in [4.78, 5) is 0. The van der Waals surface area contributed by atoms with Crippen molar-refractivity contribution in [2.75, 3.05) is 0 Å². The molecular weight excluding hydrogens is 288 g/mol. The van der Waals surface area contributed by atoms with Crippen molar-refractivity contribution in [1.82, 2.24) is 0 Å².